The Kier molecular flexibility index (Phi) is 4.07. The molecule has 1 aromatic heterocycles. The molecule has 2 rings (SSSR count). The second kappa shape index (κ2) is 5.59. The lowest BCUT2D eigenvalue weighted by Gasteiger charge is -2.09. The van der Waals surface area contributed by atoms with E-state index in [1.54, 1.807) is 12.1 Å². The number of hydrogen-bond donors (Lipinski definition) is 1. The molecule has 0 atom stereocenters. The lowest BCUT2D eigenvalue weighted by atomic mass is 10.1. The van der Waals surface area contributed by atoms with Crippen molar-refractivity contribution in [3.63, 3.8) is 0 Å². The van der Waals surface area contributed by atoms with Crippen LogP contribution in [0.5, 0.6) is 0 Å². The molecule has 6 heteroatoms. The maximum atomic E-state index is 12.2. The molecule has 0 aliphatic rings. The maximum Gasteiger partial charge on any atom is 0.264 e. The fourth-order valence-electron chi connectivity index (χ4n) is 1.64. The van der Waals surface area contributed by atoms with Crippen LogP contribution < -0.4 is 4.72 Å². The van der Waals surface area contributed by atoms with Crippen molar-refractivity contribution >= 4 is 27.3 Å². The molecule has 0 aliphatic carbocycles. The molecule has 19 heavy (non-hydrogen) atoms. The molecule has 1 aromatic carbocycles. The quantitative estimate of drug-likeness (QED) is 0.882. The van der Waals surface area contributed by atoms with Crippen LogP contribution in [0.2, 0.25) is 5.15 Å². The summed E-state index contributed by atoms with van der Waals surface area (Å²) in [5.41, 5.74) is 1.57. The molecule has 100 valence electrons. The Bertz CT molecular complexity index is 687. The molecule has 0 bridgehead atoms. The summed E-state index contributed by atoms with van der Waals surface area (Å²) in [6.45, 7) is 2.01. The minimum atomic E-state index is -3.71. The Hall–Kier alpha value is -1.59. The zero-order chi connectivity index (χ0) is 13.9. The van der Waals surface area contributed by atoms with Gasteiger partial charge in [0.05, 0.1) is 0 Å². The normalized spacial score (nSPS) is 11.3. The molecule has 1 heterocycles. The van der Waals surface area contributed by atoms with Crippen molar-refractivity contribution in [3.05, 3.63) is 53.3 Å². The first kappa shape index (κ1) is 13.8. The summed E-state index contributed by atoms with van der Waals surface area (Å²) in [5.74, 6) is 0. The van der Waals surface area contributed by atoms with Crippen LogP contribution in [0.3, 0.4) is 0 Å². The number of nitrogens with one attached hydrogen (secondary N) is 1. The van der Waals surface area contributed by atoms with Gasteiger partial charge >= 0.3 is 0 Å². The highest BCUT2D eigenvalue weighted by atomic mass is 35.5. The number of benzene rings is 1. The molecule has 0 saturated carbocycles. The molecule has 0 radical (unpaired) electrons. The average Bonchev–Trinajstić information content (AvgIpc) is 2.38. The minimum absolute atomic E-state index is 0.0291. The monoisotopic (exact) mass is 296 g/mol. The number of pyridine rings is 1. The summed E-state index contributed by atoms with van der Waals surface area (Å²) >= 11 is 5.80. The molecule has 0 fully saturated rings. The number of aromatic nitrogens is 1. The molecule has 1 N–H and O–H groups in total. The van der Waals surface area contributed by atoms with Crippen molar-refractivity contribution in [1.82, 2.24) is 4.98 Å². The summed E-state index contributed by atoms with van der Waals surface area (Å²) < 4.78 is 26.9. The molecule has 0 unspecified atom stereocenters. The summed E-state index contributed by atoms with van der Waals surface area (Å²) in [4.78, 5) is 3.74. The van der Waals surface area contributed by atoms with Gasteiger partial charge in [0.15, 0.2) is 0 Å². The van der Waals surface area contributed by atoms with Gasteiger partial charge in [-0.05, 0) is 36.2 Å². The van der Waals surface area contributed by atoms with Gasteiger partial charge < -0.3 is 0 Å². The van der Waals surface area contributed by atoms with Crippen molar-refractivity contribution in [2.24, 2.45) is 0 Å². The maximum absolute atomic E-state index is 12.2. The number of rotatable bonds is 4. The van der Waals surface area contributed by atoms with Crippen LogP contribution in [0.15, 0.2) is 47.5 Å². The lowest BCUT2D eigenvalue weighted by molar-refractivity contribution is 0.601. The van der Waals surface area contributed by atoms with Crippen LogP contribution in [-0.2, 0) is 16.4 Å². The van der Waals surface area contributed by atoms with Crippen LogP contribution in [0.1, 0.15) is 12.5 Å². The number of aryl methyl sites for hydroxylation is 1. The molecule has 2 aromatic rings. The van der Waals surface area contributed by atoms with Gasteiger partial charge in [-0.1, -0.05) is 30.7 Å². The average molecular weight is 297 g/mol. The summed E-state index contributed by atoms with van der Waals surface area (Å²) in [7, 11) is -3.71. The molecular formula is C13H13ClN2O2S. The number of halogens is 1. The number of sulfonamides is 1. The van der Waals surface area contributed by atoms with Crippen LogP contribution in [0, 0.1) is 0 Å². The second-order valence-electron chi connectivity index (χ2n) is 3.95. The van der Waals surface area contributed by atoms with Crippen LogP contribution >= 0.6 is 11.6 Å². The highest BCUT2D eigenvalue weighted by molar-refractivity contribution is 7.92. The third kappa shape index (κ3) is 3.24. The Balaban J connectivity index is 2.34. The number of anilines is 1. The SMILES string of the molecule is CCc1cccc(NS(=O)(=O)c2cccnc2Cl)c1. The Morgan fingerprint density at radius 1 is 1.26 bits per heavy atom. The van der Waals surface area contributed by atoms with Crippen molar-refractivity contribution in [2.75, 3.05) is 4.72 Å². The fourth-order valence-corrected chi connectivity index (χ4v) is 3.14. The standard InChI is InChI=1S/C13H13ClN2O2S/c1-2-10-5-3-6-11(9-10)16-19(17,18)12-7-4-8-15-13(12)14/h3-9,16H,2H2,1H3. The van der Waals surface area contributed by atoms with Crippen molar-refractivity contribution in [2.45, 2.75) is 18.2 Å². The molecule has 0 spiro atoms. The van der Waals surface area contributed by atoms with Crippen LogP contribution in [0.4, 0.5) is 5.69 Å². The van der Waals surface area contributed by atoms with E-state index in [-0.39, 0.29) is 10.0 Å². The van der Waals surface area contributed by atoms with E-state index >= 15 is 0 Å². The molecule has 0 saturated heterocycles. The minimum Gasteiger partial charge on any atom is -0.280 e. The van der Waals surface area contributed by atoms with Crippen LogP contribution in [0.25, 0.3) is 0 Å². The highest BCUT2D eigenvalue weighted by Gasteiger charge is 2.18. The zero-order valence-corrected chi connectivity index (χ0v) is 11.9. The molecule has 0 aliphatic heterocycles. The lowest BCUT2D eigenvalue weighted by Crippen LogP contribution is -2.13. The van der Waals surface area contributed by atoms with Crippen LogP contribution in [-0.4, -0.2) is 13.4 Å². The van der Waals surface area contributed by atoms with E-state index in [9.17, 15) is 8.42 Å². The first-order valence-corrected chi connectivity index (χ1v) is 7.61. The van der Waals surface area contributed by atoms with Gasteiger partial charge in [0.2, 0.25) is 0 Å². The Morgan fingerprint density at radius 3 is 2.74 bits per heavy atom. The molecule has 0 amide bonds. The van der Waals surface area contributed by atoms with Crippen molar-refractivity contribution in [3.8, 4) is 0 Å². The largest absolute Gasteiger partial charge is 0.280 e. The Morgan fingerprint density at radius 2 is 2.05 bits per heavy atom. The van der Waals surface area contributed by atoms with E-state index < -0.39 is 10.0 Å². The fraction of sp³-hybridized carbons (Fsp3) is 0.154. The topological polar surface area (TPSA) is 59.1 Å². The smallest absolute Gasteiger partial charge is 0.264 e. The summed E-state index contributed by atoms with van der Waals surface area (Å²) in [6.07, 6.45) is 2.28. The van der Waals surface area contributed by atoms with E-state index in [1.165, 1.54) is 18.3 Å². The van der Waals surface area contributed by atoms with Crippen molar-refractivity contribution < 1.29 is 8.42 Å². The third-order valence-electron chi connectivity index (χ3n) is 2.60. The van der Waals surface area contributed by atoms with E-state index in [0.29, 0.717) is 5.69 Å². The van der Waals surface area contributed by atoms with Gasteiger partial charge in [0.1, 0.15) is 10.0 Å². The highest BCUT2D eigenvalue weighted by Crippen LogP contribution is 2.21. The van der Waals surface area contributed by atoms with Gasteiger partial charge in [-0.25, -0.2) is 13.4 Å². The molecule has 4 nitrogen and oxygen atoms in total. The van der Waals surface area contributed by atoms with E-state index in [0.717, 1.165) is 12.0 Å². The van der Waals surface area contributed by atoms with E-state index in [1.807, 2.05) is 19.1 Å². The second-order valence-corrected chi connectivity index (χ2v) is 5.96. The third-order valence-corrected chi connectivity index (χ3v) is 4.43. The first-order chi connectivity index (χ1) is 9.03. The van der Waals surface area contributed by atoms with E-state index in [4.69, 9.17) is 11.6 Å². The number of nitrogens with zero attached hydrogens (tertiary/aromatic N) is 1. The van der Waals surface area contributed by atoms with Gasteiger partial charge in [-0.2, -0.15) is 0 Å². The van der Waals surface area contributed by atoms with E-state index in [2.05, 4.69) is 9.71 Å². The summed E-state index contributed by atoms with van der Waals surface area (Å²) in [6, 6.07) is 10.2. The van der Waals surface area contributed by atoms with Gasteiger partial charge in [0, 0.05) is 11.9 Å². The summed E-state index contributed by atoms with van der Waals surface area (Å²) in [5, 5.41) is -0.0401. The predicted molar refractivity (Wildman–Crippen MR) is 75.9 cm³/mol. The molecular weight excluding hydrogens is 284 g/mol. The number of hydrogen-bond acceptors (Lipinski definition) is 3. The van der Waals surface area contributed by atoms with Gasteiger partial charge in [-0.3, -0.25) is 4.72 Å². The van der Waals surface area contributed by atoms with Crippen molar-refractivity contribution in [1.29, 1.82) is 0 Å². The first-order valence-electron chi connectivity index (χ1n) is 5.75. The predicted octanol–water partition coefficient (Wildman–Crippen LogP) is 3.10. The zero-order valence-electron chi connectivity index (χ0n) is 10.3. The van der Waals surface area contributed by atoms with Gasteiger partial charge in [0.25, 0.3) is 10.0 Å². The Labute approximate surface area is 117 Å². The van der Waals surface area contributed by atoms with Gasteiger partial charge in [-0.15, -0.1) is 0 Å².